The largest absolute Gasteiger partial charge is 0.348 e. The molecule has 2 heterocycles. The Morgan fingerprint density at radius 3 is 2.69 bits per heavy atom. The molecule has 4 rings (SSSR count). The summed E-state index contributed by atoms with van der Waals surface area (Å²) < 4.78 is 1.63. The van der Waals surface area contributed by atoms with Crippen molar-refractivity contribution in [2.45, 2.75) is 20.4 Å². The van der Waals surface area contributed by atoms with Crippen LogP contribution in [0.1, 0.15) is 37.7 Å². The van der Waals surface area contributed by atoms with Crippen LogP contribution >= 0.6 is 0 Å². The van der Waals surface area contributed by atoms with Crippen LogP contribution in [-0.4, -0.2) is 26.8 Å². The van der Waals surface area contributed by atoms with Crippen molar-refractivity contribution in [3.8, 4) is 5.69 Å². The maximum atomic E-state index is 12.6. The zero-order valence-electron chi connectivity index (χ0n) is 14.4. The average Bonchev–Trinajstić information content (AvgIpc) is 3.19. The van der Waals surface area contributed by atoms with Crippen molar-refractivity contribution in [1.29, 1.82) is 0 Å². The van der Waals surface area contributed by atoms with Crippen molar-refractivity contribution in [2.75, 3.05) is 5.32 Å². The Bertz CT molecular complexity index is 1020. The number of rotatable bonds is 3. The maximum absolute atomic E-state index is 12.6. The van der Waals surface area contributed by atoms with Crippen molar-refractivity contribution in [2.24, 2.45) is 0 Å². The maximum Gasteiger partial charge on any atom is 0.278 e. The minimum Gasteiger partial charge on any atom is -0.348 e. The van der Waals surface area contributed by atoms with Crippen molar-refractivity contribution in [3.63, 3.8) is 0 Å². The first-order valence-corrected chi connectivity index (χ1v) is 8.25. The lowest BCUT2D eigenvalue weighted by molar-refractivity contribution is 0.0964. The van der Waals surface area contributed by atoms with E-state index >= 15 is 0 Å². The first kappa shape index (κ1) is 16.0. The average molecular weight is 347 g/mol. The molecule has 1 aromatic heterocycles. The first-order chi connectivity index (χ1) is 12.5. The van der Waals surface area contributed by atoms with E-state index in [2.05, 4.69) is 20.9 Å². The normalized spacial score (nSPS) is 12.6. The molecule has 0 unspecified atom stereocenters. The van der Waals surface area contributed by atoms with Crippen LogP contribution < -0.4 is 10.6 Å². The summed E-state index contributed by atoms with van der Waals surface area (Å²) in [7, 11) is 0. The number of hydrogen-bond acceptors (Lipinski definition) is 4. The van der Waals surface area contributed by atoms with Crippen molar-refractivity contribution < 1.29 is 9.59 Å². The highest BCUT2D eigenvalue weighted by atomic mass is 16.2. The Morgan fingerprint density at radius 2 is 1.92 bits per heavy atom. The molecule has 0 bridgehead atoms. The lowest BCUT2D eigenvalue weighted by Gasteiger charge is -2.06. The minimum absolute atomic E-state index is 0.127. The van der Waals surface area contributed by atoms with Crippen LogP contribution in [0.15, 0.2) is 42.5 Å². The predicted molar refractivity (Wildman–Crippen MR) is 96.4 cm³/mol. The molecule has 1 aliphatic rings. The summed E-state index contributed by atoms with van der Waals surface area (Å²) in [4.78, 5) is 24.4. The standard InChI is InChI=1S/C19H17N5O2/c1-11-3-7-15(8-4-11)24-12(2)17(22-23-24)19(26)21-14-6-5-13-10-20-18(25)16(13)9-14/h3-9H,10H2,1-2H3,(H,20,25)(H,21,26). The second-order valence-electron chi connectivity index (χ2n) is 6.28. The number of hydrogen-bond donors (Lipinski definition) is 2. The van der Waals surface area contributed by atoms with Gasteiger partial charge < -0.3 is 10.6 Å². The number of nitrogens with zero attached hydrogens (tertiary/aromatic N) is 3. The molecule has 2 N–H and O–H groups in total. The quantitative estimate of drug-likeness (QED) is 0.761. The number of benzene rings is 2. The Kier molecular flexibility index (Phi) is 3.76. The van der Waals surface area contributed by atoms with E-state index in [1.807, 2.05) is 37.3 Å². The second-order valence-corrected chi connectivity index (χ2v) is 6.28. The van der Waals surface area contributed by atoms with Gasteiger partial charge in [-0.15, -0.1) is 5.10 Å². The minimum atomic E-state index is -0.362. The molecule has 0 saturated carbocycles. The van der Waals surface area contributed by atoms with Gasteiger partial charge in [-0.1, -0.05) is 29.0 Å². The van der Waals surface area contributed by atoms with E-state index in [4.69, 9.17) is 0 Å². The van der Waals surface area contributed by atoms with E-state index in [0.717, 1.165) is 16.8 Å². The lowest BCUT2D eigenvalue weighted by atomic mass is 10.1. The lowest BCUT2D eigenvalue weighted by Crippen LogP contribution is -2.15. The van der Waals surface area contributed by atoms with Crippen LogP contribution in [0.2, 0.25) is 0 Å². The van der Waals surface area contributed by atoms with Crippen molar-refractivity contribution in [3.05, 3.63) is 70.5 Å². The number of fused-ring (bicyclic) bond motifs is 1. The fraction of sp³-hybridized carbons (Fsp3) is 0.158. The molecular weight excluding hydrogens is 330 g/mol. The van der Waals surface area contributed by atoms with Gasteiger partial charge >= 0.3 is 0 Å². The number of aromatic nitrogens is 3. The van der Waals surface area contributed by atoms with E-state index in [1.165, 1.54) is 0 Å². The fourth-order valence-electron chi connectivity index (χ4n) is 2.95. The van der Waals surface area contributed by atoms with Gasteiger partial charge in [0.05, 0.1) is 11.4 Å². The van der Waals surface area contributed by atoms with Crippen molar-refractivity contribution in [1.82, 2.24) is 20.3 Å². The molecule has 7 nitrogen and oxygen atoms in total. The van der Waals surface area contributed by atoms with Gasteiger partial charge in [-0.2, -0.15) is 0 Å². The highest BCUT2D eigenvalue weighted by Gasteiger charge is 2.21. The van der Waals surface area contributed by atoms with Crippen molar-refractivity contribution >= 4 is 17.5 Å². The molecule has 3 aromatic rings. The van der Waals surface area contributed by atoms with Gasteiger partial charge in [0.15, 0.2) is 5.69 Å². The molecule has 0 atom stereocenters. The van der Waals surface area contributed by atoms with Gasteiger partial charge in [0, 0.05) is 17.8 Å². The van der Waals surface area contributed by atoms with E-state index in [0.29, 0.717) is 23.5 Å². The van der Waals surface area contributed by atoms with Crippen LogP contribution in [0.25, 0.3) is 5.69 Å². The molecule has 7 heteroatoms. The molecule has 0 saturated heterocycles. The molecule has 0 fully saturated rings. The Morgan fingerprint density at radius 1 is 1.15 bits per heavy atom. The number of carbonyl (C=O) groups is 2. The fourth-order valence-corrected chi connectivity index (χ4v) is 2.95. The summed E-state index contributed by atoms with van der Waals surface area (Å²) in [6.07, 6.45) is 0. The Hall–Kier alpha value is -3.48. The third kappa shape index (κ3) is 2.73. The Labute approximate surface area is 150 Å². The summed E-state index contributed by atoms with van der Waals surface area (Å²) in [5.74, 6) is -0.489. The molecule has 0 aliphatic carbocycles. The smallest absolute Gasteiger partial charge is 0.278 e. The van der Waals surface area contributed by atoms with Crippen LogP contribution in [0.5, 0.6) is 0 Å². The summed E-state index contributed by atoms with van der Waals surface area (Å²) in [6, 6.07) is 13.1. The molecule has 2 aromatic carbocycles. The van der Waals surface area contributed by atoms with E-state index < -0.39 is 0 Å². The topological polar surface area (TPSA) is 88.9 Å². The molecule has 130 valence electrons. The number of carbonyl (C=O) groups excluding carboxylic acids is 2. The summed E-state index contributed by atoms with van der Waals surface area (Å²) in [5, 5.41) is 13.7. The monoisotopic (exact) mass is 347 g/mol. The van der Waals surface area contributed by atoms with Gasteiger partial charge in [-0.3, -0.25) is 9.59 Å². The van der Waals surface area contributed by atoms with E-state index in [-0.39, 0.29) is 17.5 Å². The zero-order chi connectivity index (χ0) is 18.3. The van der Waals surface area contributed by atoms with Crippen LogP contribution in [0.4, 0.5) is 5.69 Å². The SMILES string of the molecule is Cc1ccc(-n2nnc(C(=O)Nc3ccc4c(c3)C(=O)NC4)c2C)cc1. The van der Waals surface area contributed by atoms with Gasteiger partial charge in [-0.25, -0.2) is 4.68 Å². The molecule has 2 amide bonds. The van der Waals surface area contributed by atoms with Crippen LogP contribution in [-0.2, 0) is 6.54 Å². The molecule has 0 spiro atoms. The third-order valence-corrected chi connectivity index (χ3v) is 4.44. The van der Waals surface area contributed by atoms with E-state index in [9.17, 15) is 9.59 Å². The Balaban J connectivity index is 1.59. The van der Waals surface area contributed by atoms with Gasteiger partial charge in [-0.05, 0) is 43.7 Å². The van der Waals surface area contributed by atoms with Gasteiger partial charge in [0.2, 0.25) is 0 Å². The second kappa shape index (κ2) is 6.11. The number of nitrogens with one attached hydrogen (secondary N) is 2. The highest BCUT2D eigenvalue weighted by Crippen LogP contribution is 2.21. The van der Waals surface area contributed by atoms with Gasteiger partial charge in [0.25, 0.3) is 11.8 Å². The highest BCUT2D eigenvalue weighted by molar-refractivity contribution is 6.05. The summed E-state index contributed by atoms with van der Waals surface area (Å²) in [5.41, 5.74) is 4.94. The molecule has 0 radical (unpaired) electrons. The van der Waals surface area contributed by atoms with Gasteiger partial charge in [0.1, 0.15) is 0 Å². The molecule has 1 aliphatic heterocycles. The molecular formula is C19H17N5O2. The zero-order valence-corrected chi connectivity index (χ0v) is 14.4. The molecule has 26 heavy (non-hydrogen) atoms. The summed E-state index contributed by atoms with van der Waals surface area (Å²) in [6.45, 7) is 4.32. The predicted octanol–water partition coefficient (Wildman–Crippen LogP) is 2.38. The summed E-state index contributed by atoms with van der Waals surface area (Å²) >= 11 is 0. The first-order valence-electron chi connectivity index (χ1n) is 8.25. The third-order valence-electron chi connectivity index (χ3n) is 4.44. The number of anilines is 1. The number of amides is 2. The van der Waals surface area contributed by atoms with E-state index in [1.54, 1.807) is 23.7 Å². The van der Waals surface area contributed by atoms with Crippen LogP contribution in [0.3, 0.4) is 0 Å². The van der Waals surface area contributed by atoms with Crippen LogP contribution in [0, 0.1) is 13.8 Å². The number of aryl methyl sites for hydroxylation is 1.